The fraction of sp³-hybridized carbons (Fsp3) is 0.167. The molecule has 2 aromatic carbocycles. The van der Waals surface area contributed by atoms with E-state index in [2.05, 4.69) is 15.8 Å². The van der Waals surface area contributed by atoms with E-state index in [0.29, 0.717) is 28.6 Å². The topological polar surface area (TPSA) is 100 Å². The zero-order chi connectivity index (χ0) is 19.1. The zero-order valence-corrected chi connectivity index (χ0v) is 15.0. The van der Waals surface area contributed by atoms with Crippen molar-refractivity contribution in [1.82, 2.24) is 5.43 Å². The largest absolute Gasteiger partial charge is 0.504 e. The van der Waals surface area contributed by atoms with Crippen LogP contribution in [0.25, 0.3) is 0 Å². The van der Waals surface area contributed by atoms with E-state index in [0.717, 1.165) is 5.56 Å². The summed E-state index contributed by atoms with van der Waals surface area (Å²) >= 11 is 5.97. The van der Waals surface area contributed by atoms with Gasteiger partial charge in [0.1, 0.15) is 0 Å². The number of ether oxygens (including phenoxy) is 1. The number of hydrogen-bond donors (Lipinski definition) is 3. The van der Waals surface area contributed by atoms with E-state index in [1.165, 1.54) is 12.3 Å². The van der Waals surface area contributed by atoms with Gasteiger partial charge >= 0.3 is 11.8 Å². The van der Waals surface area contributed by atoms with Crippen LogP contribution >= 0.6 is 11.6 Å². The lowest BCUT2D eigenvalue weighted by molar-refractivity contribution is -0.136. The van der Waals surface area contributed by atoms with E-state index >= 15 is 0 Å². The highest BCUT2D eigenvalue weighted by Crippen LogP contribution is 2.26. The molecule has 0 bridgehead atoms. The maximum Gasteiger partial charge on any atom is 0.329 e. The molecule has 0 saturated carbocycles. The molecule has 2 amide bonds. The van der Waals surface area contributed by atoms with Crippen LogP contribution < -0.4 is 15.5 Å². The molecule has 0 aliphatic rings. The monoisotopic (exact) mass is 375 g/mol. The molecule has 0 spiro atoms. The van der Waals surface area contributed by atoms with Gasteiger partial charge in [-0.1, -0.05) is 17.7 Å². The number of halogens is 1. The molecule has 0 fully saturated rings. The second-order valence-electron chi connectivity index (χ2n) is 5.28. The summed E-state index contributed by atoms with van der Waals surface area (Å²) in [6, 6.07) is 9.51. The highest BCUT2D eigenvalue weighted by atomic mass is 35.5. The lowest BCUT2D eigenvalue weighted by Gasteiger charge is -2.06. The minimum atomic E-state index is -0.929. The number of amides is 2. The molecule has 2 aromatic rings. The molecule has 136 valence electrons. The zero-order valence-electron chi connectivity index (χ0n) is 14.2. The highest BCUT2D eigenvalue weighted by molar-refractivity contribution is 6.39. The smallest absolute Gasteiger partial charge is 0.329 e. The molecule has 8 heteroatoms. The Bertz CT molecular complexity index is 852. The lowest BCUT2D eigenvalue weighted by atomic mass is 10.2. The molecule has 2 rings (SSSR count). The second-order valence-corrected chi connectivity index (χ2v) is 5.68. The predicted octanol–water partition coefficient (Wildman–Crippen LogP) is 2.84. The number of phenolic OH excluding ortho intramolecular Hbond substituents is 1. The molecule has 0 heterocycles. The number of anilines is 1. The summed E-state index contributed by atoms with van der Waals surface area (Å²) in [6.07, 6.45) is 1.33. The maximum absolute atomic E-state index is 11.8. The Morgan fingerprint density at radius 1 is 1.23 bits per heavy atom. The van der Waals surface area contributed by atoms with Gasteiger partial charge in [-0.25, -0.2) is 5.43 Å². The Balaban J connectivity index is 1.94. The van der Waals surface area contributed by atoms with Gasteiger partial charge in [-0.3, -0.25) is 9.59 Å². The standard InChI is InChI=1S/C18H18ClN3O4/c1-3-26-16-8-12(5-7-15(16)23)10-20-22-18(25)17(24)21-13-6-4-11(2)14(19)9-13/h4-10,23H,3H2,1-2H3,(H,21,24)(H,22,25)/b20-10+. The van der Waals surface area contributed by atoms with Crippen molar-refractivity contribution < 1.29 is 19.4 Å². The Hall–Kier alpha value is -3.06. The van der Waals surface area contributed by atoms with E-state index in [1.54, 1.807) is 37.3 Å². The fourth-order valence-corrected chi connectivity index (χ4v) is 2.14. The third kappa shape index (κ3) is 5.22. The summed E-state index contributed by atoms with van der Waals surface area (Å²) in [4.78, 5) is 23.6. The van der Waals surface area contributed by atoms with Gasteiger partial charge in [-0.2, -0.15) is 5.10 Å². The van der Waals surface area contributed by atoms with Crippen molar-refractivity contribution >= 4 is 35.3 Å². The van der Waals surface area contributed by atoms with Crippen LogP contribution in [0.4, 0.5) is 5.69 Å². The second kappa shape index (κ2) is 8.87. The molecule has 0 saturated heterocycles. The molecular weight excluding hydrogens is 358 g/mol. The highest BCUT2D eigenvalue weighted by Gasteiger charge is 2.13. The van der Waals surface area contributed by atoms with Crippen molar-refractivity contribution in [3.8, 4) is 11.5 Å². The fourth-order valence-electron chi connectivity index (χ4n) is 1.96. The maximum atomic E-state index is 11.8. The summed E-state index contributed by atoms with van der Waals surface area (Å²) in [5, 5.41) is 16.3. The summed E-state index contributed by atoms with van der Waals surface area (Å²) in [5.74, 6) is -1.49. The van der Waals surface area contributed by atoms with Crippen molar-refractivity contribution in [2.24, 2.45) is 5.10 Å². The van der Waals surface area contributed by atoms with Crippen molar-refractivity contribution in [3.05, 3.63) is 52.5 Å². The number of hydrazone groups is 1. The first-order chi connectivity index (χ1) is 12.4. The number of nitrogens with zero attached hydrogens (tertiary/aromatic N) is 1. The van der Waals surface area contributed by atoms with Crippen LogP contribution in [0.1, 0.15) is 18.1 Å². The van der Waals surface area contributed by atoms with Crippen LogP contribution in [0.15, 0.2) is 41.5 Å². The quantitative estimate of drug-likeness (QED) is 0.425. The Morgan fingerprint density at radius 2 is 2.00 bits per heavy atom. The van der Waals surface area contributed by atoms with Crippen LogP contribution in [-0.4, -0.2) is 29.7 Å². The van der Waals surface area contributed by atoms with E-state index in [4.69, 9.17) is 16.3 Å². The first-order valence-corrected chi connectivity index (χ1v) is 8.15. The van der Waals surface area contributed by atoms with Crippen molar-refractivity contribution in [1.29, 1.82) is 0 Å². The minimum Gasteiger partial charge on any atom is -0.504 e. The lowest BCUT2D eigenvalue weighted by Crippen LogP contribution is -2.32. The number of hydrogen-bond acceptors (Lipinski definition) is 5. The van der Waals surface area contributed by atoms with Crippen LogP contribution in [0.3, 0.4) is 0 Å². The first-order valence-electron chi connectivity index (χ1n) is 7.77. The number of aryl methyl sites for hydroxylation is 1. The van der Waals surface area contributed by atoms with Gasteiger partial charge in [0.05, 0.1) is 12.8 Å². The SMILES string of the molecule is CCOc1cc(/C=N/NC(=O)C(=O)Nc2ccc(C)c(Cl)c2)ccc1O. The van der Waals surface area contributed by atoms with Gasteiger partial charge in [0.2, 0.25) is 0 Å². The van der Waals surface area contributed by atoms with Crippen molar-refractivity contribution in [2.75, 3.05) is 11.9 Å². The molecule has 7 nitrogen and oxygen atoms in total. The summed E-state index contributed by atoms with van der Waals surface area (Å²) in [6.45, 7) is 4.02. The van der Waals surface area contributed by atoms with Gasteiger partial charge in [0.15, 0.2) is 11.5 Å². The Labute approximate surface area is 155 Å². The third-order valence-corrected chi connectivity index (χ3v) is 3.71. The van der Waals surface area contributed by atoms with Gasteiger partial charge in [-0.15, -0.1) is 0 Å². The molecule has 0 radical (unpaired) electrons. The Morgan fingerprint density at radius 3 is 2.69 bits per heavy atom. The number of carbonyl (C=O) groups is 2. The molecule has 0 aliphatic heterocycles. The molecule has 3 N–H and O–H groups in total. The van der Waals surface area contributed by atoms with Crippen LogP contribution in [0, 0.1) is 6.92 Å². The predicted molar refractivity (Wildman–Crippen MR) is 99.8 cm³/mol. The molecular formula is C18H18ClN3O4. The minimum absolute atomic E-state index is 0.00386. The average molecular weight is 376 g/mol. The van der Waals surface area contributed by atoms with E-state index in [1.807, 2.05) is 6.92 Å². The Kier molecular flexibility index (Phi) is 6.57. The number of phenols is 1. The van der Waals surface area contributed by atoms with Crippen LogP contribution in [0.5, 0.6) is 11.5 Å². The summed E-state index contributed by atoms with van der Waals surface area (Å²) in [7, 11) is 0. The van der Waals surface area contributed by atoms with Crippen molar-refractivity contribution in [2.45, 2.75) is 13.8 Å². The number of carbonyl (C=O) groups excluding carboxylic acids is 2. The van der Waals surface area contributed by atoms with E-state index < -0.39 is 11.8 Å². The molecule has 0 unspecified atom stereocenters. The summed E-state index contributed by atoms with van der Waals surface area (Å²) in [5.41, 5.74) is 3.97. The molecule has 26 heavy (non-hydrogen) atoms. The van der Waals surface area contributed by atoms with Crippen molar-refractivity contribution in [3.63, 3.8) is 0 Å². The number of aromatic hydroxyl groups is 1. The first kappa shape index (κ1) is 19.3. The third-order valence-electron chi connectivity index (χ3n) is 3.30. The number of nitrogens with one attached hydrogen (secondary N) is 2. The van der Waals surface area contributed by atoms with E-state index in [-0.39, 0.29) is 5.75 Å². The normalized spacial score (nSPS) is 10.6. The molecule has 0 aliphatic carbocycles. The van der Waals surface area contributed by atoms with E-state index in [9.17, 15) is 14.7 Å². The summed E-state index contributed by atoms with van der Waals surface area (Å²) < 4.78 is 5.25. The van der Waals surface area contributed by atoms with Gasteiger partial charge in [-0.05, 0) is 55.3 Å². The number of rotatable bonds is 5. The van der Waals surface area contributed by atoms with Gasteiger partial charge in [0.25, 0.3) is 0 Å². The molecule has 0 atom stereocenters. The molecule has 0 aromatic heterocycles. The number of benzene rings is 2. The van der Waals surface area contributed by atoms with Gasteiger partial charge < -0.3 is 15.2 Å². The van der Waals surface area contributed by atoms with Gasteiger partial charge in [0, 0.05) is 10.7 Å². The average Bonchev–Trinajstić information content (AvgIpc) is 2.61. The van der Waals surface area contributed by atoms with Crippen LogP contribution in [0.2, 0.25) is 5.02 Å². The van der Waals surface area contributed by atoms with Crippen LogP contribution in [-0.2, 0) is 9.59 Å².